The SMILES string of the molecule is COC(=O)/C=C/CC[C@H](NC(=O)c1snnc1C=O)C(=O)Nc1cccn(CC(=O)NC2(C(=O)O)C3CC4CC2CC(C(F)(F)F)(C4)C3)c1=O. The number of ether oxygens (including phenoxy) is 1. The molecule has 3 amide bonds. The molecule has 2 heterocycles. The molecule has 50 heavy (non-hydrogen) atoms. The molecule has 2 unspecified atom stereocenters. The topological polar surface area (TPSA) is 216 Å². The highest BCUT2D eigenvalue weighted by Gasteiger charge is 2.72. The molecule has 2 aromatic heterocycles. The molecular formula is C31H33F3N6O9S. The Morgan fingerprint density at radius 1 is 1.18 bits per heavy atom. The minimum absolute atomic E-state index is 0.0575. The van der Waals surface area contributed by atoms with Gasteiger partial charge in [0.05, 0.1) is 12.5 Å². The second kappa shape index (κ2) is 14.1. The predicted molar refractivity (Wildman–Crippen MR) is 167 cm³/mol. The first kappa shape index (κ1) is 36.3. The lowest BCUT2D eigenvalue weighted by atomic mass is 9.43. The molecule has 0 saturated heterocycles. The third-order valence-electron chi connectivity index (χ3n) is 9.90. The van der Waals surface area contributed by atoms with Crippen molar-refractivity contribution in [3.05, 3.63) is 51.4 Å². The molecule has 4 saturated carbocycles. The summed E-state index contributed by atoms with van der Waals surface area (Å²) in [5, 5.41) is 21.2. The van der Waals surface area contributed by atoms with Crippen LogP contribution in [-0.2, 0) is 30.5 Å². The summed E-state index contributed by atoms with van der Waals surface area (Å²) in [6, 6.07) is 1.25. The number of amides is 3. The zero-order valence-electron chi connectivity index (χ0n) is 26.5. The van der Waals surface area contributed by atoms with E-state index in [0.29, 0.717) is 17.8 Å². The number of methoxy groups -OCH3 is 1. The first-order chi connectivity index (χ1) is 23.6. The predicted octanol–water partition coefficient (Wildman–Crippen LogP) is 2.09. The Morgan fingerprint density at radius 3 is 2.50 bits per heavy atom. The summed E-state index contributed by atoms with van der Waals surface area (Å²) < 4.78 is 51.4. The van der Waals surface area contributed by atoms with Crippen molar-refractivity contribution in [3.63, 3.8) is 0 Å². The van der Waals surface area contributed by atoms with E-state index in [0.717, 1.165) is 10.6 Å². The van der Waals surface area contributed by atoms with E-state index in [2.05, 4.69) is 30.3 Å². The van der Waals surface area contributed by atoms with E-state index < -0.39 is 89.6 Å². The normalized spacial score (nSPS) is 25.9. The van der Waals surface area contributed by atoms with Gasteiger partial charge in [-0.25, -0.2) is 9.59 Å². The van der Waals surface area contributed by atoms with E-state index in [1.165, 1.54) is 31.5 Å². The number of carboxylic acid groups (broad SMARTS) is 1. The molecule has 4 bridgehead atoms. The lowest BCUT2D eigenvalue weighted by Crippen LogP contribution is -2.73. The summed E-state index contributed by atoms with van der Waals surface area (Å²) in [5.74, 6) is -6.89. The average Bonchev–Trinajstić information content (AvgIpc) is 3.54. The van der Waals surface area contributed by atoms with Crippen molar-refractivity contribution in [3.8, 4) is 0 Å². The first-order valence-corrected chi connectivity index (χ1v) is 16.4. The summed E-state index contributed by atoms with van der Waals surface area (Å²) in [6.07, 6.45) is -0.873. The number of allylic oxidation sites excluding steroid dienone is 1. The first-order valence-electron chi connectivity index (χ1n) is 15.6. The number of esters is 1. The number of hydrogen-bond acceptors (Lipinski definition) is 11. The third-order valence-corrected chi connectivity index (χ3v) is 10.6. The minimum Gasteiger partial charge on any atom is -0.479 e. The van der Waals surface area contributed by atoms with E-state index in [1.54, 1.807) is 0 Å². The molecule has 0 spiro atoms. The number of rotatable bonds is 13. The van der Waals surface area contributed by atoms with Crippen LogP contribution in [0.4, 0.5) is 18.9 Å². The van der Waals surface area contributed by atoms with Gasteiger partial charge in [-0.2, -0.15) is 13.2 Å². The van der Waals surface area contributed by atoms with E-state index >= 15 is 0 Å². The van der Waals surface area contributed by atoms with Crippen molar-refractivity contribution in [2.45, 2.75) is 69.2 Å². The fourth-order valence-corrected chi connectivity index (χ4v) is 8.33. The molecule has 4 fully saturated rings. The number of halogens is 3. The molecule has 2 aromatic rings. The summed E-state index contributed by atoms with van der Waals surface area (Å²) in [7, 11) is 1.17. The molecule has 6 rings (SSSR count). The van der Waals surface area contributed by atoms with Crippen LogP contribution in [0.15, 0.2) is 35.3 Å². The molecule has 0 aliphatic heterocycles. The monoisotopic (exact) mass is 722 g/mol. The van der Waals surface area contributed by atoms with Crippen LogP contribution in [0, 0.1) is 23.2 Å². The van der Waals surface area contributed by atoms with Gasteiger partial charge in [-0.1, -0.05) is 10.6 Å². The lowest BCUT2D eigenvalue weighted by molar-refractivity contribution is -0.285. The molecular weight excluding hydrogens is 689 g/mol. The average molecular weight is 723 g/mol. The number of nitrogens with one attached hydrogen (secondary N) is 3. The zero-order valence-corrected chi connectivity index (χ0v) is 27.3. The smallest absolute Gasteiger partial charge is 0.394 e. The van der Waals surface area contributed by atoms with Crippen LogP contribution in [-0.4, -0.2) is 80.1 Å². The van der Waals surface area contributed by atoms with Crippen LogP contribution < -0.4 is 21.5 Å². The number of aliphatic carboxylic acids is 1. The van der Waals surface area contributed by atoms with Gasteiger partial charge in [0.1, 0.15) is 28.7 Å². The maximum Gasteiger partial charge on any atom is 0.394 e. The van der Waals surface area contributed by atoms with Crippen LogP contribution in [0.3, 0.4) is 0 Å². The number of hydrogen-bond donors (Lipinski definition) is 4. The van der Waals surface area contributed by atoms with Crippen LogP contribution in [0.2, 0.25) is 0 Å². The van der Waals surface area contributed by atoms with E-state index in [-0.39, 0.29) is 54.3 Å². The molecule has 19 heteroatoms. The Labute approximate surface area is 285 Å². The Hall–Kier alpha value is -4.94. The molecule has 3 atom stereocenters. The number of alkyl halides is 3. The van der Waals surface area contributed by atoms with Crippen LogP contribution in [0.5, 0.6) is 0 Å². The maximum atomic E-state index is 14.1. The summed E-state index contributed by atoms with van der Waals surface area (Å²) in [4.78, 5) is 88.1. The highest BCUT2D eigenvalue weighted by molar-refractivity contribution is 7.08. The minimum atomic E-state index is -4.51. The second-order valence-corrected chi connectivity index (χ2v) is 13.6. The molecule has 4 N–H and O–H groups in total. The van der Waals surface area contributed by atoms with Crippen LogP contribution in [0.1, 0.15) is 65.1 Å². The number of aldehydes is 1. The van der Waals surface area contributed by atoms with Crippen LogP contribution in [0.25, 0.3) is 0 Å². The number of anilines is 1. The molecule has 4 aliphatic carbocycles. The Morgan fingerprint density at radius 2 is 1.88 bits per heavy atom. The van der Waals surface area contributed by atoms with E-state index in [4.69, 9.17) is 0 Å². The van der Waals surface area contributed by atoms with Crippen molar-refractivity contribution >= 4 is 53.2 Å². The van der Waals surface area contributed by atoms with Gasteiger partial charge in [0.15, 0.2) is 12.0 Å². The highest BCUT2D eigenvalue weighted by Crippen LogP contribution is 2.68. The van der Waals surface area contributed by atoms with Gasteiger partial charge in [-0.15, -0.1) is 5.10 Å². The van der Waals surface area contributed by atoms with Crippen molar-refractivity contribution in [1.29, 1.82) is 0 Å². The van der Waals surface area contributed by atoms with Gasteiger partial charge in [0.2, 0.25) is 11.8 Å². The lowest BCUT2D eigenvalue weighted by Gasteiger charge is -2.63. The number of aromatic nitrogens is 3. The van der Waals surface area contributed by atoms with Gasteiger partial charge in [-0.05, 0) is 86.4 Å². The van der Waals surface area contributed by atoms with Crippen molar-refractivity contribution in [2.24, 2.45) is 23.2 Å². The number of carbonyl (C=O) groups is 6. The summed E-state index contributed by atoms with van der Waals surface area (Å²) in [5.41, 5.74) is -5.34. The van der Waals surface area contributed by atoms with Gasteiger partial charge in [0, 0.05) is 12.3 Å². The van der Waals surface area contributed by atoms with Gasteiger partial charge in [0.25, 0.3) is 11.5 Å². The van der Waals surface area contributed by atoms with Crippen molar-refractivity contribution < 1.29 is 51.8 Å². The molecule has 15 nitrogen and oxygen atoms in total. The third kappa shape index (κ3) is 6.90. The van der Waals surface area contributed by atoms with E-state index in [1.807, 2.05) is 0 Å². The number of carbonyl (C=O) groups excluding carboxylic acids is 5. The summed E-state index contributed by atoms with van der Waals surface area (Å²) in [6.45, 7) is -0.698. The number of carboxylic acids is 1. The Balaban J connectivity index is 1.31. The quantitative estimate of drug-likeness (QED) is 0.133. The fourth-order valence-electron chi connectivity index (χ4n) is 7.80. The molecule has 0 aromatic carbocycles. The standard InChI is InChI=1S/C31H33F3N6O9S/c1-49-23(43)7-3-2-5-19(35-26(45)24-21(15-41)38-39-50-24)25(44)36-20-6-4-8-40(27(20)46)14-22(42)37-30(28(47)48)17-9-16-10-18(30)13-29(11-16,12-17)31(32,33)34/h3-4,6-8,15-19H,2,5,9-14H2,1H3,(H,35,45)(H,36,44)(H,37,42)(H,47,48)/b7-3+/t16?,17?,18?,19-,29?,30?/m0/s1. The van der Waals surface area contributed by atoms with Gasteiger partial charge in [-0.3, -0.25) is 24.0 Å². The fraction of sp³-hybridized carbons (Fsp3) is 0.516. The highest BCUT2D eigenvalue weighted by atomic mass is 32.1. The Kier molecular flexibility index (Phi) is 10.3. The van der Waals surface area contributed by atoms with Crippen molar-refractivity contribution in [2.75, 3.05) is 12.4 Å². The number of nitrogens with zero attached hydrogens (tertiary/aromatic N) is 3. The Bertz CT molecular complexity index is 1770. The largest absolute Gasteiger partial charge is 0.479 e. The van der Waals surface area contributed by atoms with Gasteiger partial charge >= 0.3 is 18.1 Å². The number of pyridine rings is 1. The molecule has 0 radical (unpaired) electrons. The zero-order chi connectivity index (χ0) is 36.4. The van der Waals surface area contributed by atoms with Gasteiger partial charge < -0.3 is 30.4 Å². The van der Waals surface area contributed by atoms with Crippen LogP contribution >= 0.6 is 11.5 Å². The maximum absolute atomic E-state index is 14.1. The van der Waals surface area contributed by atoms with Crippen molar-refractivity contribution in [1.82, 2.24) is 24.8 Å². The van der Waals surface area contributed by atoms with E-state index in [9.17, 15) is 51.8 Å². The molecule has 268 valence electrons. The second-order valence-electron chi connectivity index (χ2n) is 12.8. The summed E-state index contributed by atoms with van der Waals surface area (Å²) >= 11 is 0.618. The molecule has 4 aliphatic rings.